The topological polar surface area (TPSA) is 63.9 Å². The molecule has 0 unspecified atom stereocenters. The van der Waals surface area contributed by atoms with Crippen LogP contribution in [0, 0.1) is 23.2 Å². The molecule has 4 rings (SSSR count). The van der Waals surface area contributed by atoms with Gasteiger partial charge in [-0.1, -0.05) is 43.7 Å². The van der Waals surface area contributed by atoms with Crippen LogP contribution < -0.4 is 0 Å². The van der Waals surface area contributed by atoms with Crippen molar-refractivity contribution in [2.75, 3.05) is 19.6 Å². The molecule has 0 aromatic rings. The maximum absolute atomic E-state index is 10.5. The second-order valence-corrected chi connectivity index (χ2v) is 12.0. The Morgan fingerprint density at radius 1 is 1.09 bits per heavy atom. The Labute approximate surface area is 195 Å². The van der Waals surface area contributed by atoms with Crippen molar-refractivity contribution in [3.63, 3.8) is 0 Å². The molecule has 4 aliphatic rings. The molecule has 3 aliphatic carbocycles. The molecule has 0 radical (unpaired) electrons. The Morgan fingerprint density at radius 2 is 1.81 bits per heavy atom. The lowest BCUT2D eigenvalue weighted by molar-refractivity contribution is -0.0262. The van der Waals surface area contributed by atoms with Crippen molar-refractivity contribution < 1.29 is 15.3 Å². The number of β-amino-alcohol motifs (C(OH)–C–C–N with tert-alkyl or cyclic N) is 1. The van der Waals surface area contributed by atoms with E-state index in [2.05, 4.69) is 37.5 Å². The number of fused-ring (bicyclic) bond motifs is 1. The van der Waals surface area contributed by atoms with E-state index in [4.69, 9.17) is 0 Å². The molecular weight excluding hydrogens is 398 g/mol. The van der Waals surface area contributed by atoms with E-state index >= 15 is 0 Å². The summed E-state index contributed by atoms with van der Waals surface area (Å²) < 4.78 is 0. The van der Waals surface area contributed by atoms with E-state index in [1.807, 2.05) is 6.92 Å². The van der Waals surface area contributed by atoms with E-state index < -0.39 is 17.8 Å². The Balaban J connectivity index is 1.44. The summed E-state index contributed by atoms with van der Waals surface area (Å²) in [5, 5.41) is 30.9. The number of aliphatic hydroxyl groups is 3. The van der Waals surface area contributed by atoms with Crippen molar-refractivity contribution in [3.8, 4) is 0 Å². The van der Waals surface area contributed by atoms with Crippen LogP contribution in [0.4, 0.5) is 0 Å². The highest BCUT2D eigenvalue weighted by Gasteiger charge is 2.51. The normalized spacial score (nSPS) is 43.4. The smallest absolute Gasteiger partial charge is 0.0809 e. The van der Waals surface area contributed by atoms with Gasteiger partial charge in [0, 0.05) is 13.1 Å². The Bertz CT molecular complexity index is 753. The van der Waals surface area contributed by atoms with Gasteiger partial charge in [-0.25, -0.2) is 0 Å². The fraction of sp³-hybridized carbons (Fsp3) is 0.786. The molecule has 3 N–H and O–H groups in total. The van der Waals surface area contributed by atoms with Gasteiger partial charge in [-0.2, -0.15) is 0 Å². The van der Waals surface area contributed by atoms with E-state index in [1.165, 1.54) is 32.1 Å². The lowest BCUT2D eigenvalue weighted by Gasteiger charge is -2.46. The summed E-state index contributed by atoms with van der Waals surface area (Å²) >= 11 is 0. The third-order valence-electron chi connectivity index (χ3n) is 9.33. The van der Waals surface area contributed by atoms with E-state index in [0.717, 1.165) is 44.0 Å². The van der Waals surface area contributed by atoms with Gasteiger partial charge in [-0.05, 0) is 100.0 Å². The van der Waals surface area contributed by atoms with E-state index in [9.17, 15) is 15.3 Å². The van der Waals surface area contributed by atoms with Gasteiger partial charge in [0.1, 0.15) is 0 Å². The quantitative estimate of drug-likeness (QED) is 0.555. The minimum atomic E-state index is -0.618. The first-order valence-electron chi connectivity index (χ1n) is 13.0. The lowest BCUT2D eigenvalue weighted by Crippen LogP contribution is -2.48. The average molecular weight is 444 g/mol. The molecule has 7 atom stereocenters. The van der Waals surface area contributed by atoms with Crippen LogP contribution >= 0.6 is 0 Å². The van der Waals surface area contributed by atoms with Gasteiger partial charge in [0.15, 0.2) is 0 Å². The largest absolute Gasteiger partial charge is 0.389 e. The third kappa shape index (κ3) is 4.94. The van der Waals surface area contributed by atoms with Crippen LogP contribution in [0.3, 0.4) is 0 Å². The zero-order valence-corrected chi connectivity index (χ0v) is 20.5. The monoisotopic (exact) mass is 443 g/mol. The summed E-state index contributed by atoms with van der Waals surface area (Å²) in [5.74, 6) is 2.03. The molecule has 0 aromatic carbocycles. The summed E-state index contributed by atoms with van der Waals surface area (Å²) in [7, 11) is 0. The van der Waals surface area contributed by atoms with Crippen molar-refractivity contribution >= 4 is 0 Å². The van der Waals surface area contributed by atoms with Crippen LogP contribution in [0.2, 0.25) is 0 Å². The molecule has 4 heteroatoms. The van der Waals surface area contributed by atoms with E-state index in [-0.39, 0.29) is 0 Å². The third-order valence-corrected chi connectivity index (χ3v) is 9.33. The van der Waals surface area contributed by atoms with Crippen LogP contribution in [0.25, 0.3) is 0 Å². The zero-order valence-electron chi connectivity index (χ0n) is 20.5. The van der Waals surface area contributed by atoms with Gasteiger partial charge in [-0.3, -0.25) is 0 Å². The van der Waals surface area contributed by atoms with Crippen LogP contribution in [-0.2, 0) is 0 Å². The molecule has 1 heterocycles. The summed E-state index contributed by atoms with van der Waals surface area (Å²) in [6.07, 6.45) is 12.8. The number of hydrogen-bond donors (Lipinski definition) is 3. The van der Waals surface area contributed by atoms with Crippen LogP contribution in [-0.4, -0.2) is 57.7 Å². The van der Waals surface area contributed by atoms with Gasteiger partial charge >= 0.3 is 0 Å². The number of aliphatic hydroxyl groups excluding tert-OH is 2. The van der Waals surface area contributed by atoms with Crippen LogP contribution in [0.5, 0.6) is 0 Å². The Hall–Kier alpha value is -0.940. The summed E-state index contributed by atoms with van der Waals surface area (Å²) in [6, 6.07) is 0. The molecule has 3 saturated carbocycles. The van der Waals surface area contributed by atoms with Crippen LogP contribution in [0.15, 0.2) is 35.5 Å². The molecule has 1 aliphatic heterocycles. The minimum Gasteiger partial charge on any atom is -0.389 e. The number of hydrogen-bond acceptors (Lipinski definition) is 4. The molecule has 1 saturated heterocycles. The molecule has 0 bridgehead atoms. The molecule has 4 nitrogen and oxygen atoms in total. The van der Waals surface area contributed by atoms with Crippen molar-refractivity contribution in [2.45, 2.75) is 96.4 Å². The maximum Gasteiger partial charge on any atom is 0.0809 e. The van der Waals surface area contributed by atoms with Gasteiger partial charge < -0.3 is 20.2 Å². The zero-order chi connectivity index (χ0) is 23.1. The van der Waals surface area contributed by atoms with Crippen molar-refractivity contribution in [2.24, 2.45) is 23.2 Å². The second-order valence-electron chi connectivity index (χ2n) is 12.0. The molecular formula is C28H45NO3. The summed E-state index contributed by atoms with van der Waals surface area (Å²) in [4.78, 5) is 2.50. The van der Waals surface area contributed by atoms with Crippen molar-refractivity contribution in [3.05, 3.63) is 35.5 Å². The van der Waals surface area contributed by atoms with E-state index in [0.29, 0.717) is 35.7 Å². The molecule has 0 amide bonds. The number of piperidine rings is 1. The summed E-state index contributed by atoms with van der Waals surface area (Å²) in [5.41, 5.74) is 3.11. The van der Waals surface area contributed by atoms with Gasteiger partial charge in [-0.15, -0.1) is 0 Å². The number of likely N-dealkylation sites (tertiary alicyclic amines) is 1. The lowest BCUT2D eigenvalue weighted by atomic mass is 9.61. The van der Waals surface area contributed by atoms with Crippen molar-refractivity contribution in [1.82, 2.24) is 4.90 Å². The summed E-state index contributed by atoms with van der Waals surface area (Å²) in [6.45, 7) is 13.8. The predicted octanol–water partition coefficient (Wildman–Crippen LogP) is 4.61. The Morgan fingerprint density at radius 3 is 2.50 bits per heavy atom. The fourth-order valence-corrected chi connectivity index (χ4v) is 7.65. The predicted molar refractivity (Wildman–Crippen MR) is 130 cm³/mol. The first-order chi connectivity index (χ1) is 15.1. The first-order valence-corrected chi connectivity index (χ1v) is 13.0. The molecule has 32 heavy (non-hydrogen) atoms. The van der Waals surface area contributed by atoms with Crippen molar-refractivity contribution in [1.29, 1.82) is 0 Å². The SMILES string of the molecule is C=C1[C@H](O)CC(=C/C=C2\CCC[C@]3(C)[C@@H]([C@H](C)CN4CCC[C@](C)(O)C4)CC[C@@H]23)C[C@H]1O. The second kappa shape index (κ2) is 9.37. The Kier molecular flexibility index (Phi) is 7.08. The minimum absolute atomic E-state index is 0.361. The highest BCUT2D eigenvalue weighted by molar-refractivity contribution is 5.29. The highest BCUT2D eigenvalue weighted by Crippen LogP contribution is 2.59. The molecule has 0 aromatic heterocycles. The fourth-order valence-electron chi connectivity index (χ4n) is 7.65. The highest BCUT2D eigenvalue weighted by atomic mass is 16.3. The maximum atomic E-state index is 10.5. The van der Waals surface area contributed by atoms with Gasteiger partial charge in [0.2, 0.25) is 0 Å². The number of nitrogens with zero attached hydrogens (tertiary/aromatic N) is 1. The number of rotatable bonds is 4. The number of allylic oxidation sites excluding steroid dienone is 3. The van der Waals surface area contributed by atoms with Crippen LogP contribution in [0.1, 0.15) is 78.6 Å². The average Bonchev–Trinajstić information content (AvgIpc) is 3.07. The van der Waals surface area contributed by atoms with Gasteiger partial charge in [0.05, 0.1) is 17.8 Å². The first kappa shape index (κ1) is 24.2. The van der Waals surface area contributed by atoms with E-state index in [1.54, 1.807) is 5.57 Å². The molecule has 0 spiro atoms. The standard InChI is InChI=1S/C28H45NO3/c1-19(17-29-14-6-12-27(3,32)18-29)23-10-11-24-22(7-5-13-28(23,24)4)9-8-21-15-25(30)20(2)26(31)16-21/h8-9,19,23-26,30-32H,2,5-7,10-18H2,1,3-4H3/b22-9+/t19-,23-,24+,25-,26-,27+,28-/m1/s1. The molecule has 180 valence electrons. The molecule has 4 fully saturated rings. The van der Waals surface area contributed by atoms with Gasteiger partial charge in [0.25, 0.3) is 0 Å².